The number of hydrogen-bond acceptors (Lipinski definition) is 3. The summed E-state index contributed by atoms with van der Waals surface area (Å²) in [7, 11) is 0. The molecule has 116 valence electrons. The smallest absolute Gasteiger partial charge is 0.248 e. The van der Waals surface area contributed by atoms with Crippen LogP contribution in [0, 0.1) is 0 Å². The first-order valence-electron chi connectivity index (χ1n) is 7.44. The normalized spacial score (nSPS) is 17.1. The molecule has 2 aromatic rings. The molecular formula is C16H19BrN4O. The van der Waals surface area contributed by atoms with Crippen molar-refractivity contribution in [3.8, 4) is 0 Å². The van der Waals surface area contributed by atoms with Gasteiger partial charge in [-0.2, -0.15) is 5.10 Å². The Balaban J connectivity index is 1.75. The van der Waals surface area contributed by atoms with E-state index >= 15 is 0 Å². The van der Waals surface area contributed by atoms with E-state index in [1.807, 2.05) is 41.2 Å². The lowest BCUT2D eigenvalue weighted by atomic mass is 9.87. The molecule has 0 bridgehead atoms. The van der Waals surface area contributed by atoms with E-state index in [-0.39, 0.29) is 5.91 Å². The molecule has 3 rings (SSSR count). The Bertz CT molecular complexity index is 635. The van der Waals surface area contributed by atoms with Crippen LogP contribution in [-0.4, -0.2) is 28.8 Å². The summed E-state index contributed by atoms with van der Waals surface area (Å²) in [6.45, 7) is 2.17. The summed E-state index contributed by atoms with van der Waals surface area (Å²) < 4.78 is 2.83. The first-order valence-corrected chi connectivity index (χ1v) is 8.24. The van der Waals surface area contributed by atoms with Gasteiger partial charge < -0.3 is 10.6 Å². The monoisotopic (exact) mass is 362 g/mol. The third kappa shape index (κ3) is 3.08. The summed E-state index contributed by atoms with van der Waals surface area (Å²) in [4.78, 5) is 12.9. The SMILES string of the molecule is O=C(NCc1cccc(Br)c1)C1(n2cccn2)CCNCC1. The van der Waals surface area contributed by atoms with Gasteiger partial charge in [-0.1, -0.05) is 28.1 Å². The number of piperidine rings is 1. The van der Waals surface area contributed by atoms with E-state index in [9.17, 15) is 4.79 Å². The second-order valence-corrected chi connectivity index (χ2v) is 6.46. The number of carbonyl (C=O) groups excluding carboxylic acids is 1. The van der Waals surface area contributed by atoms with Crippen molar-refractivity contribution in [1.29, 1.82) is 0 Å². The third-order valence-corrected chi connectivity index (χ3v) is 4.63. The molecule has 0 saturated carbocycles. The summed E-state index contributed by atoms with van der Waals surface area (Å²) in [6.07, 6.45) is 5.10. The molecule has 0 aliphatic carbocycles. The second kappa shape index (κ2) is 6.62. The third-order valence-electron chi connectivity index (χ3n) is 4.14. The van der Waals surface area contributed by atoms with E-state index < -0.39 is 5.54 Å². The zero-order valence-corrected chi connectivity index (χ0v) is 13.8. The molecule has 0 radical (unpaired) electrons. The molecule has 1 saturated heterocycles. The van der Waals surface area contributed by atoms with Crippen LogP contribution in [0.2, 0.25) is 0 Å². The zero-order chi connectivity index (χ0) is 15.4. The Labute approximate surface area is 138 Å². The summed E-state index contributed by atoms with van der Waals surface area (Å²) in [5.41, 5.74) is 0.494. The van der Waals surface area contributed by atoms with Crippen molar-refractivity contribution in [2.45, 2.75) is 24.9 Å². The lowest BCUT2D eigenvalue weighted by Gasteiger charge is -2.36. The quantitative estimate of drug-likeness (QED) is 0.874. The highest BCUT2D eigenvalue weighted by Gasteiger charge is 2.41. The molecule has 1 fully saturated rings. The van der Waals surface area contributed by atoms with Crippen LogP contribution in [-0.2, 0) is 16.9 Å². The average molecular weight is 363 g/mol. The predicted molar refractivity (Wildman–Crippen MR) is 88.3 cm³/mol. The highest BCUT2D eigenvalue weighted by molar-refractivity contribution is 9.10. The van der Waals surface area contributed by atoms with Gasteiger partial charge in [-0.25, -0.2) is 0 Å². The molecule has 1 aromatic heterocycles. The molecule has 22 heavy (non-hydrogen) atoms. The molecule has 6 heteroatoms. The van der Waals surface area contributed by atoms with Crippen molar-refractivity contribution >= 4 is 21.8 Å². The maximum atomic E-state index is 12.9. The molecule has 1 aliphatic heterocycles. The summed E-state index contributed by atoms with van der Waals surface area (Å²) in [6, 6.07) is 9.84. The lowest BCUT2D eigenvalue weighted by molar-refractivity contribution is -0.132. The van der Waals surface area contributed by atoms with Crippen LogP contribution < -0.4 is 10.6 Å². The molecule has 0 spiro atoms. The van der Waals surface area contributed by atoms with Gasteiger partial charge in [0.1, 0.15) is 5.54 Å². The van der Waals surface area contributed by atoms with Gasteiger partial charge in [0.15, 0.2) is 0 Å². The van der Waals surface area contributed by atoms with Crippen LogP contribution in [0.3, 0.4) is 0 Å². The first-order chi connectivity index (χ1) is 10.7. The van der Waals surface area contributed by atoms with E-state index in [0.29, 0.717) is 6.54 Å². The number of benzene rings is 1. The van der Waals surface area contributed by atoms with Crippen molar-refractivity contribution in [2.24, 2.45) is 0 Å². The number of nitrogens with zero attached hydrogens (tertiary/aromatic N) is 2. The minimum absolute atomic E-state index is 0.0395. The van der Waals surface area contributed by atoms with Crippen molar-refractivity contribution in [1.82, 2.24) is 20.4 Å². The van der Waals surface area contributed by atoms with E-state index in [4.69, 9.17) is 0 Å². The molecule has 0 unspecified atom stereocenters. The molecule has 2 heterocycles. The number of amides is 1. The Morgan fingerprint density at radius 3 is 2.86 bits per heavy atom. The summed E-state index contributed by atoms with van der Waals surface area (Å²) in [5.74, 6) is 0.0395. The molecular weight excluding hydrogens is 344 g/mol. The molecule has 1 aliphatic rings. The van der Waals surface area contributed by atoms with Crippen molar-refractivity contribution < 1.29 is 4.79 Å². The summed E-state index contributed by atoms with van der Waals surface area (Å²) >= 11 is 3.45. The number of halogens is 1. The number of aromatic nitrogens is 2. The second-order valence-electron chi connectivity index (χ2n) is 5.54. The number of carbonyl (C=O) groups is 1. The Kier molecular flexibility index (Phi) is 4.59. The first kappa shape index (κ1) is 15.2. The summed E-state index contributed by atoms with van der Waals surface area (Å²) in [5, 5.41) is 10.7. The molecule has 1 aromatic carbocycles. The lowest BCUT2D eigenvalue weighted by Crippen LogP contribution is -2.54. The van der Waals surface area contributed by atoms with Gasteiger partial charge in [-0.05, 0) is 49.7 Å². The van der Waals surface area contributed by atoms with Crippen LogP contribution in [0.25, 0.3) is 0 Å². The number of nitrogens with one attached hydrogen (secondary N) is 2. The highest BCUT2D eigenvalue weighted by Crippen LogP contribution is 2.27. The Hall–Kier alpha value is -1.66. The molecule has 5 nitrogen and oxygen atoms in total. The van der Waals surface area contributed by atoms with Crippen LogP contribution >= 0.6 is 15.9 Å². The molecule has 0 atom stereocenters. The number of rotatable bonds is 4. The largest absolute Gasteiger partial charge is 0.350 e. The van der Waals surface area contributed by atoms with Gasteiger partial charge in [0.2, 0.25) is 5.91 Å². The topological polar surface area (TPSA) is 59.0 Å². The van der Waals surface area contributed by atoms with Gasteiger partial charge >= 0.3 is 0 Å². The van der Waals surface area contributed by atoms with Gasteiger partial charge in [0, 0.05) is 23.4 Å². The van der Waals surface area contributed by atoms with Crippen molar-refractivity contribution in [3.05, 3.63) is 52.8 Å². The van der Waals surface area contributed by atoms with Gasteiger partial charge in [0.05, 0.1) is 0 Å². The highest BCUT2D eigenvalue weighted by atomic mass is 79.9. The van der Waals surface area contributed by atoms with Gasteiger partial charge in [-0.15, -0.1) is 0 Å². The van der Waals surface area contributed by atoms with E-state index in [2.05, 4.69) is 31.7 Å². The van der Waals surface area contributed by atoms with Crippen LogP contribution in [0.15, 0.2) is 47.2 Å². The standard InChI is InChI=1S/C16H19BrN4O/c17-14-4-1-3-13(11-14)12-19-15(22)16(5-8-18-9-6-16)21-10-2-7-20-21/h1-4,7,10-11,18H,5-6,8-9,12H2,(H,19,22). The van der Waals surface area contributed by atoms with Crippen LogP contribution in [0.1, 0.15) is 18.4 Å². The Morgan fingerprint density at radius 2 is 2.18 bits per heavy atom. The predicted octanol–water partition coefficient (Wildman–Crippen LogP) is 2.04. The maximum absolute atomic E-state index is 12.9. The Morgan fingerprint density at radius 1 is 1.36 bits per heavy atom. The van der Waals surface area contributed by atoms with Crippen LogP contribution in [0.4, 0.5) is 0 Å². The van der Waals surface area contributed by atoms with E-state index in [1.165, 1.54) is 0 Å². The van der Waals surface area contributed by atoms with E-state index in [1.54, 1.807) is 6.20 Å². The van der Waals surface area contributed by atoms with Crippen molar-refractivity contribution in [2.75, 3.05) is 13.1 Å². The maximum Gasteiger partial charge on any atom is 0.248 e. The fourth-order valence-corrected chi connectivity index (χ4v) is 3.36. The van der Waals surface area contributed by atoms with Crippen LogP contribution in [0.5, 0.6) is 0 Å². The fraction of sp³-hybridized carbons (Fsp3) is 0.375. The van der Waals surface area contributed by atoms with Gasteiger partial charge in [-0.3, -0.25) is 9.48 Å². The molecule has 2 N–H and O–H groups in total. The van der Waals surface area contributed by atoms with Crippen molar-refractivity contribution in [3.63, 3.8) is 0 Å². The number of hydrogen-bond donors (Lipinski definition) is 2. The zero-order valence-electron chi connectivity index (χ0n) is 12.3. The molecule has 1 amide bonds. The minimum atomic E-state index is -0.583. The van der Waals surface area contributed by atoms with E-state index in [0.717, 1.165) is 36.0 Å². The fourth-order valence-electron chi connectivity index (χ4n) is 2.92. The van der Waals surface area contributed by atoms with Gasteiger partial charge in [0.25, 0.3) is 0 Å². The average Bonchev–Trinajstić information content (AvgIpc) is 3.08. The minimum Gasteiger partial charge on any atom is -0.350 e.